The first kappa shape index (κ1) is 27.2. The van der Waals surface area contributed by atoms with Crippen molar-refractivity contribution in [1.82, 2.24) is 9.80 Å². The van der Waals surface area contributed by atoms with Gasteiger partial charge >= 0.3 is 6.09 Å². The fraction of sp³-hybridized carbons (Fsp3) is 0.704. The largest absolute Gasteiger partial charge is 0.492 e. The maximum absolute atomic E-state index is 13.9. The van der Waals surface area contributed by atoms with E-state index in [0.717, 1.165) is 54.3 Å². The quantitative estimate of drug-likeness (QED) is 0.418. The van der Waals surface area contributed by atoms with Crippen LogP contribution in [0.15, 0.2) is 16.6 Å². The summed E-state index contributed by atoms with van der Waals surface area (Å²) in [5, 5.41) is 0. The summed E-state index contributed by atoms with van der Waals surface area (Å²) >= 11 is 3.67. The highest BCUT2D eigenvalue weighted by Crippen LogP contribution is 2.44. The molecule has 36 heavy (non-hydrogen) atoms. The number of hydrogen-bond donors (Lipinski definition) is 0. The predicted octanol–water partition coefficient (Wildman–Crippen LogP) is 4.87. The van der Waals surface area contributed by atoms with E-state index in [2.05, 4.69) is 28.1 Å². The SMILES string of the molecule is COCCCOc1cc2c(cc1Br)CCC[C@H]2N(C(=O)[C@H]1CN(C(=O)OC(C)(C)C)CCO1)C1CC1. The molecule has 2 amide bonds. The molecule has 9 heteroatoms. The molecular formula is C27H39BrN2O6. The lowest BCUT2D eigenvalue weighted by Crippen LogP contribution is -2.54. The maximum atomic E-state index is 13.9. The number of hydrogen-bond acceptors (Lipinski definition) is 6. The van der Waals surface area contributed by atoms with Gasteiger partial charge in [-0.15, -0.1) is 0 Å². The number of carbonyl (C=O) groups is 2. The van der Waals surface area contributed by atoms with E-state index >= 15 is 0 Å². The third kappa shape index (κ3) is 6.72. The Morgan fingerprint density at radius 3 is 2.67 bits per heavy atom. The van der Waals surface area contributed by atoms with Crippen LogP contribution in [0.25, 0.3) is 0 Å². The Balaban J connectivity index is 1.52. The van der Waals surface area contributed by atoms with Crippen molar-refractivity contribution in [1.29, 1.82) is 0 Å². The highest BCUT2D eigenvalue weighted by Gasteiger charge is 2.44. The lowest BCUT2D eigenvalue weighted by atomic mass is 9.86. The number of morpholine rings is 1. The van der Waals surface area contributed by atoms with Gasteiger partial charge in [0.1, 0.15) is 11.4 Å². The molecule has 0 radical (unpaired) electrons. The number of rotatable bonds is 8. The van der Waals surface area contributed by atoms with Crippen molar-refractivity contribution in [2.75, 3.05) is 40.0 Å². The summed E-state index contributed by atoms with van der Waals surface area (Å²) in [6.45, 7) is 7.71. The minimum atomic E-state index is -0.683. The highest BCUT2D eigenvalue weighted by molar-refractivity contribution is 9.10. The van der Waals surface area contributed by atoms with E-state index in [-0.39, 0.29) is 24.5 Å². The number of fused-ring (bicyclic) bond motifs is 1. The second kappa shape index (κ2) is 11.7. The Morgan fingerprint density at radius 2 is 1.97 bits per heavy atom. The van der Waals surface area contributed by atoms with E-state index in [1.54, 1.807) is 12.0 Å². The Bertz CT molecular complexity index is 945. The monoisotopic (exact) mass is 566 g/mol. The highest BCUT2D eigenvalue weighted by atomic mass is 79.9. The smallest absolute Gasteiger partial charge is 0.410 e. The van der Waals surface area contributed by atoms with Crippen LogP contribution in [-0.4, -0.2) is 79.6 Å². The number of amides is 2. The molecule has 2 aliphatic carbocycles. The van der Waals surface area contributed by atoms with Crippen molar-refractivity contribution in [3.63, 3.8) is 0 Å². The van der Waals surface area contributed by atoms with Crippen molar-refractivity contribution in [3.05, 3.63) is 27.7 Å². The van der Waals surface area contributed by atoms with E-state index < -0.39 is 17.8 Å². The van der Waals surface area contributed by atoms with Crippen LogP contribution < -0.4 is 4.74 Å². The first-order chi connectivity index (χ1) is 17.2. The van der Waals surface area contributed by atoms with Crippen LogP contribution in [0, 0.1) is 0 Å². The molecule has 0 spiro atoms. The fourth-order valence-corrected chi connectivity index (χ4v) is 5.47. The molecule has 1 heterocycles. The first-order valence-electron chi connectivity index (χ1n) is 13.0. The maximum Gasteiger partial charge on any atom is 0.410 e. The number of ether oxygens (including phenoxy) is 4. The summed E-state index contributed by atoms with van der Waals surface area (Å²) in [5.41, 5.74) is 1.82. The summed E-state index contributed by atoms with van der Waals surface area (Å²) in [5.74, 6) is 0.763. The van der Waals surface area contributed by atoms with Crippen LogP contribution in [0.4, 0.5) is 4.79 Å². The molecular weight excluding hydrogens is 528 g/mol. The summed E-state index contributed by atoms with van der Waals surface area (Å²) in [6, 6.07) is 4.43. The van der Waals surface area contributed by atoms with Gasteiger partial charge in [-0.2, -0.15) is 0 Å². The van der Waals surface area contributed by atoms with Gasteiger partial charge in [-0.1, -0.05) is 0 Å². The molecule has 0 unspecified atom stereocenters. The number of halogens is 1. The molecule has 4 rings (SSSR count). The Kier molecular flexibility index (Phi) is 8.83. The van der Waals surface area contributed by atoms with Gasteiger partial charge < -0.3 is 28.7 Å². The van der Waals surface area contributed by atoms with Gasteiger partial charge in [0.25, 0.3) is 5.91 Å². The van der Waals surface area contributed by atoms with E-state index in [1.165, 1.54) is 5.56 Å². The van der Waals surface area contributed by atoms with Crippen LogP contribution in [0.5, 0.6) is 5.75 Å². The minimum Gasteiger partial charge on any atom is -0.492 e. The number of methoxy groups -OCH3 is 1. The molecule has 1 saturated heterocycles. The third-order valence-electron chi connectivity index (χ3n) is 6.75. The van der Waals surface area contributed by atoms with Crippen LogP contribution >= 0.6 is 15.9 Å². The van der Waals surface area contributed by atoms with Crippen molar-refractivity contribution in [3.8, 4) is 5.75 Å². The number of aryl methyl sites for hydroxylation is 1. The van der Waals surface area contributed by atoms with Crippen molar-refractivity contribution in [2.24, 2.45) is 0 Å². The molecule has 1 aromatic rings. The lowest BCUT2D eigenvalue weighted by molar-refractivity contribution is -0.152. The molecule has 1 aromatic carbocycles. The first-order valence-corrected chi connectivity index (χ1v) is 13.8. The summed E-state index contributed by atoms with van der Waals surface area (Å²) in [4.78, 5) is 30.2. The molecule has 0 bridgehead atoms. The lowest BCUT2D eigenvalue weighted by Gasteiger charge is -2.40. The number of benzene rings is 1. The zero-order valence-corrected chi connectivity index (χ0v) is 23.5. The van der Waals surface area contributed by atoms with Crippen molar-refractivity contribution >= 4 is 27.9 Å². The average Bonchev–Trinajstić information content (AvgIpc) is 3.66. The Hall–Kier alpha value is -1.84. The van der Waals surface area contributed by atoms with Gasteiger partial charge in [0.05, 0.1) is 30.3 Å². The van der Waals surface area contributed by atoms with Gasteiger partial charge in [0.2, 0.25) is 0 Å². The second-order valence-electron chi connectivity index (χ2n) is 10.8. The molecule has 1 aliphatic heterocycles. The predicted molar refractivity (Wildman–Crippen MR) is 139 cm³/mol. The summed E-state index contributed by atoms with van der Waals surface area (Å²) in [6.07, 6.45) is 4.62. The topological polar surface area (TPSA) is 77.5 Å². The van der Waals surface area contributed by atoms with Gasteiger partial charge in [-0.25, -0.2) is 4.79 Å². The van der Waals surface area contributed by atoms with Crippen molar-refractivity contribution in [2.45, 2.75) is 83.1 Å². The molecule has 200 valence electrons. The van der Waals surface area contributed by atoms with E-state index in [0.29, 0.717) is 26.4 Å². The van der Waals surface area contributed by atoms with E-state index in [9.17, 15) is 9.59 Å². The van der Waals surface area contributed by atoms with Crippen LogP contribution in [0.3, 0.4) is 0 Å². The summed E-state index contributed by atoms with van der Waals surface area (Å²) < 4.78 is 23.6. The molecule has 0 N–H and O–H groups in total. The molecule has 1 saturated carbocycles. The molecule has 2 fully saturated rings. The van der Waals surface area contributed by atoms with Gasteiger partial charge in [0.15, 0.2) is 6.10 Å². The fourth-order valence-electron chi connectivity index (χ4n) is 4.96. The number of nitrogens with zero attached hydrogens (tertiary/aromatic N) is 2. The van der Waals surface area contributed by atoms with Gasteiger partial charge in [-0.05, 0) is 92.1 Å². The Morgan fingerprint density at radius 1 is 1.19 bits per heavy atom. The van der Waals surface area contributed by atoms with Gasteiger partial charge in [0, 0.05) is 32.7 Å². The van der Waals surface area contributed by atoms with Crippen LogP contribution in [-0.2, 0) is 25.4 Å². The normalized spacial score (nSPS) is 22.1. The molecule has 2 atom stereocenters. The Labute approximate surface area is 222 Å². The van der Waals surface area contributed by atoms with Crippen LogP contribution in [0.2, 0.25) is 0 Å². The van der Waals surface area contributed by atoms with Gasteiger partial charge in [-0.3, -0.25) is 4.79 Å². The molecule has 8 nitrogen and oxygen atoms in total. The van der Waals surface area contributed by atoms with Crippen LogP contribution in [0.1, 0.15) is 70.0 Å². The third-order valence-corrected chi connectivity index (χ3v) is 7.37. The summed E-state index contributed by atoms with van der Waals surface area (Å²) in [7, 11) is 1.69. The standard InChI is InChI=1S/C27H39BrN2O6/c1-27(2,3)36-26(32)29-11-14-35-24(17-29)25(31)30(19-9-10-19)22-8-5-7-18-15-21(28)23(16-20(18)22)34-13-6-12-33-4/h15-16,19,22,24H,5-14,17H2,1-4H3/t22-,24-/m1/s1. The zero-order chi connectivity index (χ0) is 25.9. The molecule has 3 aliphatic rings. The van der Waals surface area contributed by atoms with E-state index in [1.807, 2.05) is 25.7 Å². The second-order valence-corrected chi connectivity index (χ2v) is 11.7. The minimum absolute atomic E-state index is 0.0244. The van der Waals surface area contributed by atoms with E-state index in [4.69, 9.17) is 18.9 Å². The molecule has 0 aromatic heterocycles. The average molecular weight is 568 g/mol. The number of carbonyl (C=O) groups excluding carboxylic acids is 2. The zero-order valence-electron chi connectivity index (χ0n) is 21.9. The van der Waals surface area contributed by atoms with Crippen molar-refractivity contribution < 1.29 is 28.5 Å².